The summed E-state index contributed by atoms with van der Waals surface area (Å²) in [5.74, 6) is 0. The van der Waals surface area contributed by atoms with Gasteiger partial charge in [0.2, 0.25) is 0 Å². The van der Waals surface area contributed by atoms with Crippen LogP contribution in [0.4, 0.5) is 11.4 Å². The van der Waals surface area contributed by atoms with E-state index in [-0.39, 0.29) is 0 Å². The third-order valence-electron chi connectivity index (χ3n) is 12.2. The van der Waals surface area contributed by atoms with Crippen LogP contribution in [0.25, 0.3) is 67.6 Å². The number of nitrogens with zero attached hydrogens (tertiary/aromatic N) is 1. The zero-order chi connectivity index (χ0) is 40.7. The minimum Gasteiger partial charge on any atom is -0.399 e. The van der Waals surface area contributed by atoms with E-state index < -0.39 is 18.3 Å². The minimum absolute atomic E-state index is 0.430. The van der Waals surface area contributed by atoms with Crippen LogP contribution in [0.2, 0.25) is 0 Å². The van der Waals surface area contributed by atoms with Crippen molar-refractivity contribution in [1.82, 2.24) is 0 Å². The molecule has 0 spiro atoms. The Balaban J connectivity index is 1.26. The first-order valence-corrected chi connectivity index (χ1v) is 20.5. The number of allylic oxidation sites excluding steroid dienone is 2. The van der Waals surface area contributed by atoms with E-state index in [1.54, 1.807) is 0 Å². The van der Waals surface area contributed by atoms with E-state index in [1.165, 1.54) is 11.1 Å². The van der Waals surface area contributed by atoms with Gasteiger partial charge in [-0.05, 0) is 130 Å². The third-order valence-corrected chi connectivity index (χ3v) is 12.2. The minimum atomic E-state index is -0.456. The summed E-state index contributed by atoms with van der Waals surface area (Å²) in [6, 6.07) is 62.8. The fourth-order valence-electron chi connectivity index (χ4n) is 8.30. The van der Waals surface area contributed by atoms with Gasteiger partial charge in [-0.3, -0.25) is 0 Å². The molecule has 0 radical (unpaired) electrons. The fraction of sp³-hybridized carbons (Fsp3) is 0.127. The van der Waals surface area contributed by atoms with Crippen molar-refractivity contribution in [1.29, 1.82) is 0 Å². The quantitative estimate of drug-likeness (QED) is 0.114. The molecule has 0 atom stereocenters. The average molecular weight is 766 g/mol. The van der Waals surface area contributed by atoms with Gasteiger partial charge in [-0.2, -0.15) is 0 Å². The smallest absolute Gasteiger partial charge is 0.399 e. The standard InChI is InChI=1S/C55H48BNO2/c1-38(30-32-48-39(2)47-26-16-17-28-50(47)52-37-45(31-33-51(48)52)56-58-54(3,4)55(5,6)59-56)57(53-29-19-18-27-49(53)42-24-14-9-15-25-42)46-35-43(40-20-10-7-11-21-40)34-44(36-46)41-22-12-8-13-23-41/h7-37H,2H2,1,3-6H3/b38-30+,48-32+. The summed E-state index contributed by atoms with van der Waals surface area (Å²) in [6.45, 7) is 15.3. The normalized spacial score (nSPS) is 15.2. The van der Waals surface area contributed by atoms with E-state index in [0.29, 0.717) is 0 Å². The predicted molar refractivity (Wildman–Crippen MR) is 251 cm³/mol. The first-order valence-electron chi connectivity index (χ1n) is 20.5. The molecule has 0 bridgehead atoms. The van der Waals surface area contributed by atoms with Crippen molar-refractivity contribution in [2.75, 3.05) is 4.90 Å². The van der Waals surface area contributed by atoms with Gasteiger partial charge in [0.15, 0.2) is 0 Å². The molecule has 1 aliphatic heterocycles. The van der Waals surface area contributed by atoms with Crippen molar-refractivity contribution in [3.05, 3.63) is 198 Å². The van der Waals surface area contributed by atoms with Gasteiger partial charge in [0.05, 0.1) is 16.9 Å². The van der Waals surface area contributed by atoms with Crippen molar-refractivity contribution in [2.45, 2.75) is 45.8 Å². The maximum absolute atomic E-state index is 6.51. The maximum atomic E-state index is 6.51. The molecule has 0 saturated carbocycles. The van der Waals surface area contributed by atoms with Crippen LogP contribution in [0, 0.1) is 0 Å². The lowest BCUT2D eigenvalue weighted by Gasteiger charge is -2.32. The molecule has 8 aromatic rings. The highest BCUT2D eigenvalue weighted by Gasteiger charge is 2.51. The van der Waals surface area contributed by atoms with Crippen LogP contribution in [0.15, 0.2) is 188 Å². The van der Waals surface area contributed by atoms with Crippen molar-refractivity contribution in [3.63, 3.8) is 0 Å². The summed E-state index contributed by atoms with van der Waals surface area (Å²) >= 11 is 0. The molecule has 3 nitrogen and oxygen atoms in total. The molecule has 0 aliphatic carbocycles. The predicted octanol–water partition coefficient (Wildman–Crippen LogP) is 12.2. The van der Waals surface area contributed by atoms with E-state index in [9.17, 15) is 0 Å². The number of hydrogen-bond acceptors (Lipinski definition) is 3. The van der Waals surface area contributed by atoms with E-state index in [1.807, 2.05) is 0 Å². The molecule has 288 valence electrons. The third kappa shape index (κ3) is 7.20. The lowest BCUT2D eigenvalue weighted by molar-refractivity contribution is 0.00578. The Hall–Kier alpha value is -6.46. The van der Waals surface area contributed by atoms with Crippen LogP contribution in [0.3, 0.4) is 0 Å². The van der Waals surface area contributed by atoms with Crippen molar-refractivity contribution >= 4 is 58.2 Å². The largest absolute Gasteiger partial charge is 0.494 e. The van der Waals surface area contributed by atoms with Gasteiger partial charge in [0.1, 0.15) is 0 Å². The Kier molecular flexibility index (Phi) is 9.93. The number of hydrogen-bond donors (Lipinski definition) is 0. The number of rotatable bonds is 8. The van der Waals surface area contributed by atoms with Gasteiger partial charge < -0.3 is 14.2 Å². The van der Waals surface area contributed by atoms with Crippen LogP contribution >= 0.6 is 0 Å². The first kappa shape index (κ1) is 38.1. The van der Waals surface area contributed by atoms with E-state index >= 15 is 0 Å². The second-order valence-electron chi connectivity index (χ2n) is 16.5. The molecule has 1 heterocycles. The molecule has 4 heteroatoms. The first-order chi connectivity index (χ1) is 28.6. The molecule has 59 heavy (non-hydrogen) atoms. The molecule has 1 aliphatic rings. The van der Waals surface area contributed by atoms with Crippen LogP contribution in [0.1, 0.15) is 34.6 Å². The van der Waals surface area contributed by atoms with Gasteiger partial charge in [0.25, 0.3) is 0 Å². The van der Waals surface area contributed by atoms with Crippen LogP contribution in [-0.4, -0.2) is 18.3 Å². The number of fused-ring (bicyclic) bond motifs is 3. The number of anilines is 2. The van der Waals surface area contributed by atoms with Crippen molar-refractivity contribution in [3.8, 4) is 33.4 Å². The van der Waals surface area contributed by atoms with Crippen LogP contribution in [0.5, 0.6) is 0 Å². The molecule has 0 amide bonds. The van der Waals surface area contributed by atoms with Gasteiger partial charge in [-0.25, -0.2) is 0 Å². The lowest BCUT2D eigenvalue weighted by Crippen LogP contribution is -2.41. The monoisotopic (exact) mass is 765 g/mol. The number of benzene rings is 8. The lowest BCUT2D eigenvalue weighted by atomic mass is 9.77. The molecule has 1 fully saturated rings. The topological polar surface area (TPSA) is 21.7 Å². The summed E-state index contributed by atoms with van der Waals surface area (Å²) in [5.41, 5.74) is 10.3. The Morgan fingerprint density at radius 3 is 1.66 bits per heavy atom. The molecule has 9 rings (SSSR count). The second kappa shape index (κ2) is 15.4. The van der Waals surface area contributed by atoms with E-state index in [2.05, 4.69) is 228 Å². The van der Waals surface area contributed by atoms with E-state index in [0.717, 1.165) is 76.8 Å². The SMILES string of the molecule is C=c1/c(=C\C=C(/C)N(c2cc(-c3ccccc3)cc(-c3ccccc3)c2)c2ccccc2-c2ccccc2)c2ccc(B3OC(C)(C)C(C)(C)O3)cc2c2ccccc12. The Morgan fingerprint density at radius 1 is 0.525 bits per heavy atom. The molecule has 0 N–H and O–H groups in total. The molecule has 0 unspecified atom stereocenters. The summed E-state index contributed by atoms with van der Waals surface area (Å²) in [7, 11) is -0.456. The molecule has 1 saturated heterocycles. The van der Waals surface area contributed by atoms with Gasteiger partial charge in [-0.1, -0.05) is 164 Å². The summed E-state index contributed by atoms with van der Waals surface area (Å²) in [5, 5.41) is 6.64. The average Bonchev–Trinajstić information content (AvgIpc) is 3.50. The Morgan fingerprint density at radius 2 is 1.05 bits per heavy atom. The molecular weight excluding hydrogens is 717 g/mol. The zero-order valence-corrected chi connectivity index (χ0v) is 34.4. The van der Waals surface area contributed by atoms with Gasteiger partial charge in [0, 0.05) is 16.9 Å². The zero-order valence-electron chi connectivity index (χ0n) is 34.4. The number of para-hydroxylation sites is 1. The summed E-state index contributed by atoms with van der Waals surface area (Å²) < 4.78 is 13.0. The Bertz CT molecular complexity index is 2900. The summed E-state index contributed by atoms with van der Waals surface area (Å²) in [4.78, 5) is 2.40. The molecule has 8 aromatic carbocycles. The van der Waals surface area contributed by atoms with Gasteiger partial charge >= 0.3 is 7.12 Å². The molecular formula is C55H48BNO2. The summed E-state index contributed by atoms with van der Waals surface area (Å²) in [6.07, 6.45) is 4.50. The second-order valence-corrected chi connectivity index (χ2v) is 16.5. The van der Waals surface area contributed by atoms with Crippen LogP contribution in [-0.2, 0) is 9.31 Å². The fourth-order valence-corrected chi connectivity index (χ4v) is 8.30. The van der Waals surface area contributed by atoms with E-state index in [4.69, 9.17) is 15.9 Å². The highest BCUT2D eigenvalue weighted by atomic mass is 16.7. The maximum Gasteiger partial charge on any atom is 0.494 e. The van der Waals surface area contributed by atoms with Crippen molar-refractivity contribution < 1.29 is 9.31 Å². The highest BCUT2D eigenvalue weighted by Crippen LogP contribution is 2.41. The van der Waals surface area contributed by atoms with Crippen LogP contribution < -0.4 is 20.8 Å². The Labute approximate surface area is 348 Å². The highest BCUT2D eigenvalue weighted by molar-refractivity contribution is 6.62. The molecule has 0 aromatic heterocycles. The van der Waals surface area contributed by atoms with Crippen molar-refractivity contribution in [2.24, 2.45) is 0 Å². The van der Waals surface area contributed by atoms with Gasteiger partial charge in [-0.15, -0.1) is 0 Å².